The number of fused-ring (bicyclic) bond motifs is 1. The smallest absolute Gasteiger partial charge is 0.326 e. The minimum absolute atomic E-state index is 0.143. The van der Waals surface area contributed by atoms with Crippen LogP contribution in [0.1, 0.15) is 17.9 Å². The van der Waals surface area contributed by atoms with E-state index in [-0.39, 0.29) is 11.3 Å². The van der Waals surface area contributed by atoms with Gasteiger partial charge in [0.25, 0.3) is 0 Å². The van der Waals surface area contributed by atoms with Gasteiger partial charge in [0, 0.05) is 12.1 Å². The average molecular weight is 215 g/mol. The first kappa shape index (κ1) is 10.0. The highest BCUT2D eigenvalue weighted by Crippen LogP contribution is 2.42. The zero-order valence-electron chi connectivity index (χ0n) is 7.64. The van der Waals surface area contributed by atoms with Crippen molar-refractivity contribution in [2.75, 3.05) is 5.32 Å². The number of hydrogen-bond donors (Lipinski definition) is 1. The van der Waals surface area contributed by atoms with Gasteiger partial charge in [-0.05, 0) is 11.6 Å². The summed E-state index contributed by atoms with van der Waals surface area (Å²) in [7, 11) is 0. The summed E-state index contributed by atoms with van der Waals surface area (Å²) in [5.74, 6) is -2.27. The van der Waals surface area contributed by atoms with Gasteiger partial charge >= 0.3 is 6.18 Å². The maximum Gasteiger partial charge on any atom is 0.396 e. The number of benzene rings is 1. The van der Waals surface area contributed by atoms with E-state index in [0.29, 0.717) is 0 Å². The Labute approximate surface area is 84.1 Å². The molecular formula is C10H8F3NO. The highest BCUT2D eigenvalue weighted by molar-refractivity contribution is 5.94. The predicted molar refractivity (Wildman–Crippen MR) is 48.5 cm³/mol. The van der Waals surface area contributed by atoms with Crippen LogP contribution in [0.3, 0.4) is 0 Å². The first-order chi connectivity index (χ1) is 6.98. The summed E-state index contributed by atoms with van der Waals surface area (Å²) in [5, 5.41) is 2.42. The molecule has 0 unspecified atom stereocenters. The average Bonchev–Trinajstić information content (AvgIpc) is 2.15. The van der Waals surface area contributed by atoms with Crippen molar-refractivity contribution in [3.8, 4) is 0 Å². The molecule has 15 heavy (non-hydrogen) atoms. The van der Waals surface area contributed by atoms with Crippen LogP contribution in [-0.4, -0.2) is 12.1 Å². The first-order valence-corrected chi connectivity index (χ1v) is 4.44. The molecule has 1 aromatic rings. The summed E-state index contributed by atoms with van der Waals surface area (Å²) in [6, 6.07) is 6.00. The molecule has 1 aliphatic heterocycles. The van der Waals surface area contributed by atoms with Crippen molar-refractivity contribution in [1.29, 1.82) is 0 Å². The lowest BCUT2D eigenvalue weighted by Crippen LogP contribution is -2.31. The van der Waals surface area contributed by atoms with Crippen molar-refractivity contribution < 1.29 is 18.0 Å². The normalized spacial score (nSPS) is 20.7. The summed E-state index contributed by atoms with van der Waals surface area (Å²) in [6.07, 6.45) is -4.89. The second-order valence-corrected chi connectivity index (χ2v) is 3.43. The standard InChI is InChI=1S/C10H8F3NO/c11-10(12,13)7-5-9(15)14-8-4-2-1-3-6(7)8/h1-4,7H,5H2,(H,14,15)/t7-/m1/s1. The second kappa shape index (κ2) is 3.25. The van der Waals surface area contributed by atoms with E-state index in [4.69, 9.17) is 0 Å². The Hall–Kier alpha value is -1.52. The molecule has 0 fully saturated rings. The second-order valence-electron chi connectivity index (χ2n) is 3.43. The summed E-state index contributed by atoms with van der Waals surface area (Å²) in [4.78, 5) is 11.1. The number of rotatable bonds is 0. The minimum atomic E-state index is -4.37. The maximum absolute atomic E-state index is 12.6. The summed E-state index contributed by atoms with van der Waals surface area (Å²) in [6.45, 7) is 0. The molecule has 0 aliphatic carbocycles. The van der Waals surface area contributed by atoms with Crippen LogP contribution in [0.25, 0.3) is 0 Å². The van der Waals surface area contributed by atoms with Crippen LogP contribution >= 0.6 is 0 Å². The van der Waals surface area contributed by atoms with E-state index in [2.05, 4.69) is 5.32 Å². The summed E-state index contributed by atoms with van der Waals surface area (Å²) in [5.41, 5.74) is 0.403. The Bertz CT molecular complexity index is 400. The third kappa shape index (κ3) is 1.82. The molecule has 1 heterocycles. The van der Waals surface area contributed by atoms with Crippen molar-refractivity contribution in [3.63, 3.8) is 0 Å². The van der Waals surface area contributed by atoms with Crippen LogP contribution in [0.2, 0.25) is 0 Å². The Balaban J connectivity index is 2.47. The third-order valence-electron chi connectivity index (χ3n) is 2.39. The molecule has 1 aromatic carbocycles. The number of anilines is 1. The van der Waals surface area contributed by atoms with Gasteiger partial charge in [0.05, 0.1) is 5.92 Å². The molecule has 0 spiro atoms. The first-order valence-electron chi connectivity index (χ1n) is 4.44. The molecule has 0 radical (unpaired) electrons. The summed E-state index contributed by atoms with van der Waals surface area (Å²) >= 11 is 0. The Morgan fingerprint density at radius 1 is 1.27 bits per heavy atom. The lowest BCUT2D eigenvalue weighted by molar-refractivity contribution is -0.156. The van der Waals surface area contributed by atoms with Crippen LogP contribution in [0, 0.1) is 0 Å². The zero-order valence-corrected chi connectivity index (χ0v) is 7.64. The van der Waals surface area contributed by atoms with Crippen LogP contribution in [-0.2, 0) is 4.79 Å². The van der Waals surface area contributed by atoms with Crippen molar-refractivity contribution >= 4 is 11.6 Å². The lowest BCUT2D eigenvalue weighted by Gasteiger charge is -2.27. The molecule has 80 valence electrons. The van der Waals surface area contributed by atoms with Crippen molar-refractivity contribution in [3.05, 3.63) is 29.8 Å². The molecule has 0 saturated carbocycles. The largest absolute Gasteiger partial charge is 0.396 e. The van der Waals surface area contributed by atoms with Gasteiger partial charge in [0.2, 0.25) is 5.91 Å². The number of carbonyl (C=O) groups is 1. The maximum atomic E-state index is 12.6. The fourth-order valence-corrected chi connectivity index (χ4v) is 1.70. The molecule has 0 bridgehead atoms. The Kier molecular flexibility index (Phi) is 2.17. The zero-order chi connectivity index (χ0) is 11.1. The van der Waals surface area contributed by atoms with Crippen LogP contribution in [0.15, 0.2) is 24.3 Å². The van der Waals surface area contributed by atoms with Gasteiger partial charge in [-0.15, -0.1) is 0 Å². The number of alkyl halides is 3. The molecule has 1 N–H and O–H groups in total. The van der Waals surface area contributed by atoms with Crippen molar-refractivity contribution in [2.45, 2.75) is 18.5 Å². The molecule has 5 heteroatoms. The molecule has 1 amide bonds. The summed E-state index contributed by atoms with van der Waals surface area (Å²) < 4.78 is 37.8. The number of carbonyl (C=O) groups excluding carboxylic acids is 1. The van der Waals surface area contributed by atoms with E-state index in [0.717, 1.165) is 0 Å². The van der Waals surface area contributed by atoms with Gasteiger partial charge in [-0.3, -0.25) is 4.79 Å². The van der Waals surface area contributed by atoms with Gasteiger partial charge in [-0.2, -0.15) is 13.2 Å². The highest BCUT2D eigenvalue weighted by Gasteiger charge is 2.44. The van der Waals surface area contributed by atoms with E-state index in [1.807, 2.05) is 0 Å². The molecule has 0 saturated heterocycles. The Morgan fingerprint density at radius 3 is 2.60 bits per heavy atom. The van der Waals surface area contributed by atoms with E-state index in [1.165, 1.54) is 18.2 Å². The molecule has 1 atom stereocenters. The topological polar surface area (TPSA) is 29.1 Å². The number of amides is 1. The number of nitrogens with one attached hydrogen (secondary N) is 1. The van der Waals surface area contributed by atoms with Gasteiger partial charge < -0.3 is 5.32 Å². The van der Waals surface area contributed by atoms with Crippen molar-refractivity contribution in [2.24, 2.45) is 0 Å². The molecule has 1 aliphatic rings. The quantitative estimate of drug-likeness (QED) is 0.708. The fraction of sp³-hybridized carbons (Fsp3) is 0.300. The van der Waals surface area contributed by atoms with E-state index in [9.17, 15) is 18.0 Å². The molecule has 2 rings (SSSR count). The van der Waals surface area contributed by atoms with Crippen molar-refractivity contribution in [1.82, 2.24) is 0 Å². The SMILES string of the molecule is O=C1C[C@@H](C(F)(F)F)c2ccccc2N1. The van der Waals surface area contributed by atoms with Crippen LogP contribution < -0.4 is 5.32 Å². The molecule has 2 nitrogen and oxygen atoms in total. The molecule has 0 aromatic heterocycles. The Morgan fingerprint density at radius 2 is 1.93 bits per heavy atom. The highest BCUT2D eigenvalue weighted by atomic mass is 19.4. The molecular weight excluding hydrogens is 207 g/mol. The fourth-order valence-electron chi connectivity index (χ4n) is 1.70. The minimum Gasteiger partial charge on any atom is -0.326 e. The van der Waals surface area contributed by atoms with E-state index >= 15 is 0 Å². The van der Waals surface area contributed by atoms with E-state index < -0.39 is 24.4 Å². The number of halogens is 3. The lowest BCUT2D eigenvalue weighted by atomic mass is 9.90. The number of para-hydroxylation sites is 1. The van der Waals surface area contributed by atoms with Gasteiger partial charge in [0.1, 0.15) is 0 Å². The van der Waals surface area contributed by atoms with Gasteiger partial charge in [0.15, 0.2) is 0 Å². The van der Waals surface area contributed by atoms with E-state index in [1.54, 1.807) is 6.07 Å². The number of hydrogen-bond acceptors (Lipinski definition) is 1. The van der Waals surface area contributed by atoms with Gasteiger partial charge in [-0.25, -0.2) is 0 Å². The van der Waals surface area contributed by atoms with Gasteiger partial charge in [-0.1, -0.05) is 18.2 Å². The van der Waals surface area contributed by atoms with Crippen LogP contribution in [0.5, 0.6) is 0 Å². The predicted octanol–water partition coefficient (Wildman–Crippen LogP) is 2.67. The monoisotopic (exact) mass is 215 g/mol. The third-order valence-corrected chi connectivity index (χ3v) is 2.39. The van der Waals surface area contributed by atoms with Crippen LogP contribution in [0.4, 0.5) is 18.9 Å².